The Hall–Kier alpha value is -3.00. The molecule has 1 aliphatic heterocycles. The quantitative estimate of drug-likeness (QED) is 0.563. The lowest BCUT2D eigenvalue weighted by molar-refractivity contribution is -0.128. The third-order valence-electron chi connectivity index (χ3n) is 5.48. The molecule has 0 saturated carbocycles. The van der Waals surface area contributed by atoms with Crippen molar-refractivity contribution in [3.63, 3.8) is 0 Å². The fourth-order valence-electron chi connectivity index (χ4n) is 4.10. The number of fused-ring (bicyclic) bond motifs is 1. The lowest BCUT2D eigenvalue weighted by Crippen LogP contribution is -2.42. The van der Waals surface area contributed by atoms with Crippen LogP contribution in [0.1, 0.15) is 41.2 Å². The van der Waals surface area contributed by atoms with Gasteiger partial charge in [0.1, 0.15) is 11.4 Å². The molecule has 0 N–H and O–H groups in total. The minimum absolute atomic E-state index is 0.276. The first-order valence-electron chi connectivity index (χ1n) is 9.76. The van der Waals surface area contributed by atoms with Gasteiger partial charge in [-0.2, -0.15) is 5.26 Å². The molecule has 2 atom stereocenters. The summed E-state index contributed by atoms with van der Waals surface area (Å²) in [7, 11) is 0. The van der Waals surface area contributed by atoms with E-state index in [1.807, 2.05) is 42.5 Å². The second-order valence-electron chi connectivity index (χ2n) is 7.21. The van der Waals surface area contributed by atoms with Gasteiger partial charge in [-0.1, -0.05) is 55.5 Å². The van der Waals surface area contributed by atoms with Crippen molar-refractivity contribution in [1.82, 2.24) is 0 Å². The van der Waals surface area contributed by atoms with Gasteiger partial charge < -0.3 is 9.47 Å². The van der Waals surface area contributed by atoms with Crippen LogP contribution in [0.2, 0.25) is 0 Å². The predicted octanol–water partition coefficient (Wildman–Crippen LogP) is 5.47. The first-order chi connectivity index (χ1) is 14.2. The number of benzene rings is 3. The molecule has 0 radical (unpaired) electrons. The highest BCUT2D eigenvalue weighted by Gasteiger charge is 2.48. The molecule has 29 heavy (non-hydrogen) atoms. The van der Waals surface area contributed by atoms with Gasteiger partial charge in [0.2, 0.25) is 0 Å². The topological polar surface area (TPSA) is 42.2 Å². The summed E-state index contributed by atoms with van der Waals surface area (Å²) in [5.74, 6) is -0.291. The van der Waals surface area contributed by atoms with Gasteiger partial charge in [0, 0.05) is 0 Å². The molecule has 0 bridgehead atoms. The molecule has 1 heterocycles. The monoisotopic (exact) mass is 387 g/mol. The van der Waals surface area contributed by atoms with Crippen molar-refractivity contribution in [3.8, 4) is 6.07 Å². The summed E-state index contributed by atoms with van der Waals surface area (Å²) >= 11 is 0. The summed E-state index contributed by atoms with van der Waals surface area (Å²) in [6.45, 7) is 2.90. The van der Waals surface area contributed by atoms with E-state index in [-0.39, 0.29) is 11.9 Å². The van der Waals surface area contributed by atoms with E-state index in [4.69, 9.17) is 9.47 Å². The van der Waals surface area contributed by atoms with Crippen LogP contribution in [-0.4, -0.2) is 6.10 Å². The van der Waals surface area contributed by atoms with Crippen LogP contribution in [0.4, 0.5) is 4.39 Å². The summed E-state index contributed by atoms with van der Waals surface area (Å²) in [6.07, 6.45) is 0.436. The van der Waals surface area contributed by atoms with Crippen molar-refractivity contribution in [3.05, 3.63) is 106 Å². The Balaban J connectivity index is 1.77. The minimum Gasteiger partial charge on any atom is -0.370 e. The van der Waals surface area contributed by atoms with Crippen LogP contribution in [0.25, 0.3) is 0 Å². The lowest BCUT2D eigenvalue weighted by atomic mass is 9.79. The normalized spacial score (nSPS) is 18.8. The molecule has 0 aromatic heterocycles. The smallest absolute Gasteiger partial charge is 0.145 e. The van der Waals surface area contributed by atoms with Crippen molar-refractivity contribution < 1.29 is 13.9 Å². The Morgan fingerprint density at radius 2 is 1.86 bits per heavy atom. The highest BCUT2D eigenvalue weighted by Crippen LogP contribution is 2.47. The van der Waals surface area contributed by atoms with E-state index in [9.17, 15) is 9.65 Å². The molecule has 146 valence electrons. The van der Waals surface area contributed by atoms with Crippen molar-refractivity contribution in [2.24, 2.45) is 0 Å². The second kappa shape index (κ2) is 8.16. The molecule has 1 aliphatic rings. The maximum absolute atomic E-state index is 13.6. The van der Waals surface area contributed by atoms with E-state index in [1.54, 1.807) is 18.2 Å². The van der Waals surface area contributed by atoms with E-state index in [0.29, 0.717) is 25.2 Å². The van der Waals surface area contributed by atoms with Crippen molar-refractivity contribution >= 4 is 0 Å². The van der Waals surface area contributed by atoms with Crippen molar-refractivity contribution in [2.75, 3.05) is 0 Å². The molecular weight excluding hydrogens is 365 g/mol. The summed E-state index contributed by atoms with van der Waals surface area (Å²) in [4.78, 5) is 0. The highest BCUT2D eigenvalue weighted by atomic mass is 19.1. The van der Waals surface area contributed by atoms with Crippen LogP contribution in [-0.2, 0) is 28.3 Å². The molecule has 3 aromatic carbocycles. The zero-order valence-electron chi connectivity index (χ0n) is 16.3. The third kappa shape index (κ3) is 3.55. The van der Waals surface area contributed by atoms with Crippen LogP contribution < -0.4 is 0 Å². The molecule has 0 amide bonds. The van der Waals surface area contributed by atoms with Gasteiger partial charge >= 0.3 is 0 Å². The molecule has 0 aliphatic carbocycles. The average Bonchev–Trinajstić information content (AvgIpc) is 3.15. The summed E-state index contributed by atoms with van der Waals surface area (Å²) < 4.78 is 26.4. The van der Waals surface area contributed by atoms with E-state index in [0.717, 1.165) is 22.3 Å². The Labute approximate surface area is 170 Å². The molecule has 3 aromatic rings. The van der Waals surface area contributed by atoms with Gasteiger partial charge in [-0.15, -0.1) is 0 Å². The number of nitrogens with zero attached hydrogens (tertiary/aromatic N) is 1. The zero-order valence-corrected chi connectivity index (χ0v) is 16.3. The van der Waals surface area contributed by atoms with Gasteiger partial charge in [-0.3, -0.25) is 0 Å². The van der Waals surface area contributed by atoms with Gasteiger partial charge in [0.05, 0.1) is 31.0 Å². The van der Waals surface area contributed by atoms with Gasteiger partial charge in [-0.25, -0.2) is 4.39 Å². The van der Waals surface area contributed by atoms with Gasteiger partial charge in [-0.05, 0) is 52.9 Å². The Kier molecular flexibility index (Phi) is 5.44. The summed E-state index contributed by atoms with van der Waals surface area (Å²) in [6, 6.07) is 24.2. The largest absolute Gasteiger partial charge is 0.370 e. The fourth-order valence-corrected chi connectivity index (χ4v) is 4.10. The van der Waals surface area contributed by atoms with Crippen LogP contribution in [0.5, 0.6) is 0 Å². The maximum atomic E-state index is 13.6. The van der Waals surface area contributed by atoms with Crippen molar-refractivity contribution in [1.29, 1.82) is 5.26 Å². The Bertz CT molecular complexity index is 1030. The van der Waals surface area contributed by atoms with E-state index >= 15 is 0 Å². The van der Waals surface area contributed by atoms with Crippen LogP contribution in [0.15, 0.2) is 72.8 Å². The lowest BCUT2D eigenvalue weighted by Gasteiger charge is -2.37. The first-order valence-corrected chi connectivity index (χ1v) is 9.76. The molecule has 3 nitrogen and oxygen atoms in total. The van der Waals surface area contributed by atoms with Crippen LogP contribution >= 0.6 is 0 Å². The van der Waals surface area contributed by atoms with E-state index in [2.05, 4.69) is 13.0 Å². The molecule has 4 heteroatoms. The van der Waals surface area contributed by atoms with Gasteiger partial charge in [0.25, 0.3) is 0 Å². The standard InChI is InChI=1S/C25H22FNO2/c1-2-24(28-16-18-6-4-3-5-7-18)25(21-9-11-22(26)12-10-21)23-13-8-19(15-27)14-20(23)17-29-25/h3-14,24H,2,16-17H2,1H3. The molecule has 0 spiro atoms. The van der Waals surface area contributed by atoms with Gasteiger partial charge in [0.15, 0.2) is 0 Å². The Morgan fingerprint density at radius 3 is 2.55 bits per heavy atom. The molecule has 0 saturated heterocycles. The van der Waals surface area contributed by atoms with E-state index < -0.39 is 5.60 Å². The number of ether oxygens (including phenoxy) is 2. The molecule has 2 unspecified atom stereocenters. The summed E-state index contributed by atoms with van der Waals surface area (Å²) in [5.41, 5.74) is 3.62. The number of halogens is 1. The van der Waals surface area contributed by atoms with Crippen molar-refractivity contribution in [2.45, 2.75) is 38.3 Å². The minimum atomic E-state index is -0.847. The average molecular weight is 387 g/mol. The van der Waals surface area contributed by atoms with Crippen LogP contribution in [0, 0.1) is 17.1 Å². The Morgan fingerprint density at radius 1 is 1.10 bits per heavy atom. The first kappa shape index (κ1) is 19.3. The molecule has 0 fully saturated rings. The number of hydrogen-bond donors (Lipinski definition) is 0. The molecule has 4 rings (SSSR count). The number of hydrogen-bond acceptors (Lipinski definition) is 3. The number of rotatable bonds is 6. The SMILES string of the molecule is CCC(OCc1ccccc1)C1(c2ccc(F)cc2)OCc2cc(C#N)ccc21. The van der Waals surface area contributed by atoms with E-state index in [1.165, 1.54) is 12.1 Å². The maximum Gasteiger partial charge on any atom is 0.145 e. The number of nitriles is 1. The second-order valence-corrected chi connectivity index (χ2v) is 7.21. The zero-order chi connectivity index (χ0) is 20.3. The highest BCUT2D eigenvalue weighted by molar-refractivity contribution is 5.49. The van der Waals surface area contributed by atoms with Crippen LogP contribution in [0.3, 0.4) is 0 Å². The third-order valence-corrected chi connectivity index (χ3v) is 5.48. The molecular formula is C25H22FNO2. The fraction of sp³-hybridized carbons (Fsp3) is 0.240. The summed E-state index contributed by atoms with van der Waals surface area (Å²) in [5, 5.41) is 9.25. The predicted molar refractivity (Wildman–Crippen MR) is 108 cm³/mol.